The zero-order valence-electron chi connectivity index (χ0n) is 6.54. The van der Waals surface area contributed by atoms with Crippen LogP contribution in [0.4, 0.5) is 0 Å². The molecule has 0 heterocycles. The number of rotatable bonds is 2. The van der Waals surface area contributed by atoms with Gasteiger partial charge in [0.25, 0.3) is 0 Å². The molecular weight excluding hydrogens is 240 g/mol. The number of hydrogen-bond donors (Lipinski definition) is 0. The summed E-state index contributed by atoms with van der Waals surface area (Å²) in [5, 5.41) is 0. The van der Waals surface area contributed by atoms with E-state index in [1.165, 1.54) is 0 Å². The minimum atomic E-state index is -2.13. The molecule has 0 amide bonds. The second-order valence-electron chi connectivity index (χ2n) is 2.34. The molecule has 1 aromatic rings. The minimum absolute atomic E-state index is 0.381. The van der Waals surface area contributed by atoms with Crippen LogP contribution >= 0.6 is 15.9 Å². The highest BCUT2D eigenvalue weighted by atomic mass is 79.9. The van der Waals surface area contributed by atoms with Crippen LogP contribution in [0.25, 0.3) is 0 Å². The van der Waals surface area contributed by atoms with E-state index in [1.807, 2.05) is 19.1 Å². The number of benzene rings is 1. The molecule has 0 bridgehead atoms. The monoisotopic (exact) mass is 247 g/mol. The average molecular weight is 248 g/mol. The highest BCUT2D eigenvalue weighted by molar-refractivity contribution is 9.10. The Hall–Kier alpha value is -0.190. The lowest BCUT2D eigenvalue weighted by Crippen LogP contribution is -1.95. The van der Waals surface area contributed by atoms with Crippen LogP contribution < -0.4 is 0 Å². The highest BCUT2D eigenvalue weighted by Crippen LogP contribution is 2.19. The maximum Gasteiger partial charge on any atom is 0.0291 e. The third-order valence-corrected chi connectivity index (χ3v) is 2.82. The summed E-state index contributed by atoms with van der Waals surface area (Å²) in [4.78, 5) is 0.381. The van der Waals surface area contributed by atoms with Crippen molar-refractivity contribution in [3.63, 3.8) is 0 Å². The third-order valence-electron chi connectivity index (χ3n) is 1.59. The minimum Gasteiger partial charge on any atom is -0.768 e. The van der Waals surface area contributed by atoms with Gasteiger partial charge in [0, 0.05) is 9.37 Å². The molecule has 2 nitrogen and oxygen atoms in total. The van der Waals surface area contributed by atoms with Gasteiger partial charge < -0.3 is 4.55 Å². The molecule has 0 aromatic heterocycles. The fourth-order valence-corrected chi connectivity index (χ4v) is 2.14. The molecule has 1 aromatic carbocycles. The van der Waals surface area contributed by atoms with E-state index in [4.69, 9.17) is 0 Å². The van der Waals surface area contributed by atoms with Gasteiger partial charge in [0.2, 0.25) is 0 Å². The van der Waals surface area contributed by atoms with Crippen molar-refractivity contribution in [2.45, 2.75) is 18.2 Å². The van der Waals surface area contributed by atoms with Crippen LogP contribution in [-0.4, -0.2) is 8.76 Å². The molecule has 1 unspecified atom stereocenters. The fourth-order valence-electron chi connectivity index (χ4n) is 0.976. The Morgan fingerprint density at radius 3 is 2.75 bits per heavy atom. The molecular formula is C8H8BrO2S-. The van der Waals surface area contributed by atoms with Gasteiger partial charge in [-0.1, -0.05) is 28.9 Å². The zero-order valence-corrected chi connectivity index (χ0v) is 8.94. The summed E-state index contributed by atoms with van der Waals surface area (Å²) >= 11 is 1.09. The molecule has 1 atom stereocenters. The zero-order chi connectivity index (χ0) is 9.14. The van der Waals surface area contributed by atoms with E-state index >= 15 is 0 Å². The van der Waals surface area contributed by atoms with Crippen LogP contribution in [0.1, 0.15) is 12.5 Å². The first-order chi connectivity index (χ1) is 5.65. The molecule has 0 aliphatic carbocycles. The van der Waals surface area contributed by atoms with Gasteiger partial charge in [-0.25, -0.2) is 0 Å². The molecule has 1 rings (SSSR count). The summed E-state index contributed by atoms with van der Waals surface area (Å²) < 4.78 is 22.2. The Morgan fingerprint density at radius 2 is 2.25 bits per heavy atom. The van der Waals surface area contributed by atoms with E-state index < -0.39 is 11.1 Å². The van der Waals surface area contributed by atoms with Gasteiger partial charge in [-0.3, -0.25) is 4.21 Å². The Balaban J connectivity index is 3.21. The second-order valence-corrected chi connectivity index (χ2v) is 4.17. The van der Waals surface area contributed by atoms with Crippen LogP contribution in [0, 0.1) is 0 Å². The summed E-state index contributed by atoms with van der Waals surface area (Å²) in [6, 6.07) is 5.27. The van der Waals surface area contributed by atoms with Gasteiger partial charge in [0.05, 0.1) is 0 Å². The smallest absolute Gasteiger partial charge is 0.0291 e. The van der Waals surface area contributed by atoms with Crippen molar-refractivity contribution in [3.8, 4) is 0 Å². The van der Waals surface area contributed by atoms with Crippen molar-refractivity contribution in [2.75, 3.05) is 0 Å². The molecule has 66 valence electrons. The highest BCUT2D eigenvalue weighted by Gasteiger charge is 2.00. The predicted octanol–water partition coefficient (Wildman–Crippen LogP) is 2.25. The fraction of sp³-hybridized carbons (Fsp3) is 0.250. The van der Waals surface area contributed by atoms with Crippen LogP contribution in [0.15, 0.2) is 27.6 Å². The normalized spacial score (nSPS) is 12.9. The summed E-state index contributed by atoms with van der Waals surface area (Å²) in [6.45, 7) is 1.93. The molecule has 0 spiro atoms. The van der Waals surface area contributed by atoms with Gasteiger partial charge in [0.15, 0.2) is 0 Å². The van der Waals surface area contributed by atoms with Crippen molar-refractivity contribution in [2.24, 2.45) is 0 Å². The van der Waals surface area contributed by atoms with Gasteiger partial charge >= 0.3 is 0 Å². The largest absolute Gasteiger partial charge is 0.768 e. The lowest BCUT2D eigenvalue weighted by Gasteiger charge is -2.10. The number of aryl methyl sites for hydroxylation is 1. The third kappa shape index (κ3) is 2.15. The maximum atomic E-state index is 10.7. The van der Waals surface area contributed by atoms with Crippen LogP contribution in [0.3, 0.4) is 0 Å². The molecule has 0 N–H and O–H groups in total. The number of halogens is 1. The Bertz CT molecular complexity index is 312. The molecule has 0 aliphatic rings. The van der Waals surface area contributed by atoms with E-state index in [1.54, 1.807) is 6.07 Å². The molecule has 0 saturated heterocycles. The van der Waals surface area contributed by atoms with Crippen LogP contribution in [-0.2, 0) is 17.5 Å². The van der Waals surface area contributed by atoms with E-state index in [0.717, 1.165) is 16.5 Å². The summed E-state index contributed by atoms with van der Waals surface area (Å²) in [6.07, 6.45) is 0.733. The maximum absolute atomic E-state index is 10.7. The van der Waals surface area contributed by atoms with Gasteiger partial charge in [-0.05, 0) is 35.2 Å². The summed E-state index contributed by atoms with van der Waals surface area (Å²) in [5.41, 5.74) is 0.853. The van der Waals surface area contributed by atoms with Gasteiger partial charge in [0.1, 0.15) is 0 Å². The number of hydrogen-bond acceptors (Lipinski definition) is 2. The molecule has 12 heavy (non-hydrogen) atoms. The van der Waals surface area contributed by atoms with Crippen molar-refractivity contribution in [3.05, 3.63) is 28.2 Å². The lowest BCUT2D eigenvalue weighted by molar-refractivity contribution is 0.536. The van der Waals surface area contributed by atoms with Crippen molar-refractivity contribution in [1.29, 1.82) is 0 Å². The predicted molar refractivity (Wildman–Crippen MR) is 50.7 cm³/mol. The van der Waals surface area contributed by atoms with Crippen LogP contribution in [0.2, 0.25) is 0 Å². The lowest BCUT2D eigenvalue weighted by atomic mass is 10.2. The van der Waals surface area contributed by atoms with Gasteiger partial charge in [-0.2, -0.15) is 0 Å². The quantitative estimate of drug-likeness (QED) is 0.753. The first kappa shape index (κ1) is 9.89. The molecule has 4 heteroatoms. The Labute approximate surface area is 82.4 Å². The standard InChI is InChI=1S/C8H9BrO2S/c1-2-6-3-4-7(9)5-8(6)12(10)11/h3-5H,2H2,1H3,(H,10,11)/p-1. The first-order valence-corrected chi connectivity index (χ1v) is 5.39. The van der Waals surface area contributed by atoms with E-state index in [-0.39, 0.29) is 0 Å². The van der Waals surface area contributed by atoms with Gasteiger partial charge in [-0.15, -0.1) is 0 Å². The Kier molecular flexibility index (Phi) is 3.43. The first-order valence-electron chi connectivity index (χ1n) is 3.53. The molecule has 0 aliphatic heterocycles. The molecule has 0 saturated carbocycles. The van der Waals surface area contributed by atoms with Crippen molar-refractivity contribution >= 4 is 27.0 Å². The topological polar surface area (TPSA) is 40.1 Å². The average Bonchev–Trinajstić information content (AvgIpc) is 2.04. The second kappa shape index (κ2) is 4.16. The van der Waals surface area contributed by atoms with E-state index in [9.17, 15) is 8.76 Å². The molecule has 0 fully saturated rings. The summed E-state index contributed by atoms with van der Waals surface area (Å²) in [5.74, 6) is 0. The van der Waals surface area contributed by atoms with Crippen molar-refractivity contribution in [1.82, 2.24) is 0 Å². The Morgan fingerprint density at radius 1 is 1.58 bits per heavy atom. The molecule has 0 radical (unpaired) electrons. The summed E-state index contributed by atoms with van der Waals surface area (Å²) in [7, 11) is 0. The van der Waals surface area contributed by atoms with Crippen LogP contribution in [0.5, 0.6) is 0 Å². The van der Waals surface area contributed by atoms with E-state index in [0.29, 0.717) is 4.90 Å². The van der Waals surface area contributed by atoms with E-state index in [2.05, 4.69) is 15.9 Å². The SMILES string of the molecule is CCc1ccc(Br)cc1S(=O)[O-]. The van der Waals surface area contributed by atoms with Crippen molar-refractivity contribution < 1.29 is 8.76 Å².